The van der Waals surface area contributed by atoms with Crippen molar-refractivity contribution in [3.05, 3.63) is 59.9 Å². The molecule has 1 N–H and O–H groups in total. The quantitative estimate of drug-likeness (QED) is 0.496. The van der Waals surface area contributed by atoms with Gasteiger partial charge in [0.15, 0.2) is 11.9 Å². The second kappa shape index (κ2) is 9.00. The van der Waals surface area contributed by atoms with Gasteiger partial charge in [-0.25, -0.2) is 9.37 Å². The lowest BCUT2D eigenvalue weighted by molar-refractivity contribution is -0.122. The standard InChI is InChI=1S/C18H16FN5O2.CH2O2/c1-11(18-21-23-24(22-18)14-4-2-3-13(19)9-14)26-15-7-8-16(20-10-15)17(25)12-5-6-12;2-1-3/h2-4,7-12H,5-6H2,1H3;1H,(H,2,3). The zero-order valence-corrected chi connectivity index (χ0v) is 15.5. The molecule has 1 atom stereocenters. The van der Waals surface area contributed by atoms with E-state index in [1.54, 1.807) is 31.2 Å². The van der Waals surface area contributed by atoms with Gasteiger partial charge < -0.3 is 9.84 Å². The first-order chi connectivity index (χ1) is 14.0. The maximum Gasteiger partial charge on any atom is 0.290 e. The number of Topliss-reactive ketones (excluding diaryl/α,β-unsaturated/α-hetero) is 1. The lowest BCUT2D eigenvalue weighted by atomic mass is 10.2. The number of ether oxygens (including phenoxy) is 1. The van der Waals surface area contributed by atoms with Gasteiger partial charge in [-0.15, -0.1) is 15.0 Å². The smallest absolute Gasteiger partial charge is 0.290 e. The Hall–Kier alpha value is -3.69. The van der Waals surface area contributed by atoms with Gasteiger partial charge in [-0.1, -0.05) is 6.07 Å². The highest BCUT2D eigenvalue weighted by Gasteiger charge is 2.31. The molecule has 0 spiro atoms. The van der Waals surface area contributed by atoms with Gasteiger partial charge in [-0.05, 0) is 49.2 Å². The van der Waals surface area contributed by atoms with Crippen molar-refractivity contribution in [3.8, 4) is 11.4 Å². The van der Waals surface area contributed by atoms with E-state index in [-0.39, 0.29) is 24.0 Å². The number of benzene rings is 1. The number of nitrogens with zero attached hydrogens (tertiary/aromatic N) is 5. The summed E-state index contributed by atoms with van der Waals surface area (Å²) in [5, 5.41) is 19.0. The Morgan fingerprint density at radius 1 is 1.34 bits per heavy atom. The van der Waals surface area contributed by atoms with Crippen molar-refractivity contribution in [1.82, 2.24) is 25.2 Å². The second-order valence-corrected chi connectivity index (χ2v) is 6.30. The fourth-order valence-corrected chi connectivity index (χ4v) is 2.50. The number of carbonyl (C=O) groups excluding carboxylic acids is 1. The summed E-state index contributed by atoms with van der Waals surface area (Å²) in [5.74, 6) is 0.705. The molecular formula is C19H18FN5O4. The molecule has 2 aromatic heterocycles. The summed E-state index contributed by atoms with van der Waals surface area (Å²) in [6.45, 7) is 1.52. The monoisotopic (exact) mass is 399 g/mol. The predicted molar refractivity (Wildman–Crippen MR) is 98.1 cm³/mol. The van der Waals surface area contributed by atoms with Crippen LogP contribution in [0.3, 0.4) is 0 Å². The Balaban J connectivity index is 0.000000755. The molecule has 0 radical (unpaired) electrons. The van der Waals surface area contributed by atoms with E-state index in [1.165, 1.54) is 23.1 Å². The molecule has 1 aliphatic carbocycles. The van der Waals surface area contributed by atoms with Gasteiger partial charge in [0.1, 0.15) is 17.3 Å². The number of ketones is 1. The molecule has 2 heterocycles. The number of aromatic nitrogens is 5. The van der Waals surface area contributed by atoms with Crippen LogP contribution in [0.2, 0.25) is 0 Å². The second-order valence-electron chi connectivity index (χ2n) is 6.30. The third-order valence-corrected chi connectivity index (χ3v) is 4.08. The van der Waals surface area contributed by atoms with Crippen molar-refractivity contribution in [3.63, 3.8) is 0 Å². The number of tetrazole rings is 1. The van der Waals surface area contributed by atoms with E-state index in [9.17, 15) is 9.18 Å². The van der Waals surface area contributed by atoms with Crippen LogP contribution in [0.5, 0.6) is 5.75 Å². The third-order valence-electron chi connectivity index (χ3n) is 4.08. The maximum atomic E-state index is 13.3. The fourth-order valence-electron chi connectivity index (χ4n) is 2.50. The number of carbonyl (C=O) groups is 2. The van der Waals surface area contributed by atoms with Crippen LogP contribution in [0.25, 0.3) is 5.69 Å². The molecule has 10 heteroatoms. The summed E-state index contributed by atoms with van der Waals surface area (Å²) in [5.41, 5.74) is 0.934. The SMILES string of the molecule is CC(Oc1ccc(C(=O)C2CC2)nc1)c1nnn(-c2cccc(F)c2)n1.O=CO. The summed E-state index contributed by atoms with van der Waals surface area (Å²) >= 11 is 0. The molecule has 1 aliphatic rings. The molecule has 1 unspecified atom stereocenters. The zero-order chi connectivity index (χ0) is 20.8. The number of hydrogen-bond donors (Lipinski definition) is 1. The van der Waals surface area contributed by atoms with Crippen LogP contribution in [-0.2, 0) is 4.79 Å². The highest BCUT2D eigenvalue weighted by Crippen LogP contribution is 2.32. The first kappa shape index (κ1) is 20.1. The van der Waals surface area contributed by atoms with Gasteiger partial charge in [0.05, 0.1) is 11.9 Å². The predicted octanol–water partition coefficient (Wildman–Crippen LogP) is 2.63. The summed E-state index contributed by atoms with van der Waals surface area (Å²) in [6, 6.07) is 9.29. The van der Waals surface area contributed by atoms with Crippen molar-refractivity contribution in [2.45, 2.75) is 25.9 Å². The fraction of sp³-hybridized carbons (Fsp3) is 0.263. The van der Waals surface area contributed by atoms with Gasteiger partial charge in [-0.3, -0.25) is 9.59 Å². The van der Waals surface area contributed by atoms with Gasteiger partial charge in [-0.2, -0.15) is 0 Å². The maximum absolute atomic E-state index is 13.3. The van der Waals surface area contributed by atoms with E-state index in [4.69, 9.17) is 14.6 Å². The Labute approximate surface area is 165 Å². The van der Waals surface area contributed by atoms with Crippen LogP contribution in [-0.4, -0.2) is 42.6 Å². The molecule has 0 aliphatic heterocycles. The van der Waals surface area contributed by atoms with Crippen molar-refractivity contribution in [2.24, 2.45) is 5.92 Å². The lowest BCUT2D eigenvalue weighted by Crippen LogP contribution is -2.08. The largest absolute Gasteiger partial charge is 0.483 e. The highest BCUT2D eigenvalue weighted by molar-refractivity contribution is 5.97. The number of hydrogen-bond acceptors (Lipinski definition) is 7. The lowest BCUT2D eigenvalue weighted by Gasteiger charge is -2.10. The molecule has 0 saturated heterocycles. The Morgan fingerprint density at radius 3 is 2.72 bits per heavy atom. The summed E-state index contributed by atoms with van der Waals surface area (Å²) in [6.07, 6.45) is 2.93. The molecule has 1 saturated carbocycles. The topological polar surface area (TPSA) is 120 Å². The number of pyridine rings is 1. The minimum absolute atomic E-state index is 0.0873. The van der Waals surface area contributed by atoms with Gasteiger partial charge in [0, 0.05) is 12.0 Å². The van der Waals surface area contributed by atoms with E-state index < -0.39 is 6.10 Å². The molecule has 0 bridgehead atoms. The van der Waals surface area contributed by atoms with Crippen LogP contribution in [0, 0.1) is 11.7 Å². The normalized spacial score (nSPS) is 13.7. The van der Waals surface area contributed by atoms with E-state index in [0.717, 1.165) is 12.8 Å². The van der Waals surface area contributed by atoms with E-state index >= 15 is 0 Å². The molecule has 4 rings (SSSR count). The average molecular weight is 399 g/mol. The first-order valence-corrected chi connectivity index (χ1v) is 8.82. The molecule has 1 fully saturated rings. The molecular weight excluding hydrogens is 381 g/mol. The Kier molecular flexibility index (Phi) is 6.22. The van der Waals surface area contributed by atoms with E-state index in [2.05, 4.69) is 20.4 Å². The molecule has 3 aromatic rings. The van der Waals surface area contributed by atoms with Gasteiger partial charge in [0.2, 0.25) is 5.82 Å². The number of halogens is 1. The third kappa shape index (κ3) is 5.18. The number of rotatable bonds is 6. The van der Waals surface area contributed by atoms with Crippen molar-refractivity contribution >= 4 is 12.3 Å². The van der Waals surface area contributed by atoms with Crippen LogP contribution < -0.4 is 4.74 Å². The van der Waals surface area contributed by atoms with Crippen LogP contribution in [0.15, 0.2) is 42.6 Å². The van der Waals surface area contributed by atoms with Crippen LogP contribution in [0.1, 0.15) is 42.2 Å². The van der Waals surface area contributed by atoms with Gasteiger partial charge >= 0.3 is 0 Å². The average Bonchev–Trinajstić information content (AvgIpc) is 3.44. The first-order valence-electron chi connectivity index (χ1n) is 8.82. The number of carboxylic acid groups (broad SMARTS) is 1. The van der Waals surface area contributed by atoms with Crippen molar-refractivity contribution in [2.75, 3.05) is 0 Å². The van der Waals surface area contributed by atoms with Crippen LogP contribution in [0.4, 0.5) is 4.39 Å². The molecule has 150 valence electrons. The summed E-state index contributed by atoms with van der Waals surface area (Å²) in [7, 11) is 0. The van der Waals surface area contributed by atoms with Crippen molar-refractivity contribution < 1.29 is 23.8 Å². The van der Waals surface area contributed by atoms with Gasteiger partial charge in [0.25, 0.3) is 6.47 Å². The highest BCUT2D eigenvalue weighted by atomic mass is 19.1. The van der Waals surface area contributed by atoms with Crippen molar-refractivity contribution in [1.29, 1.82) is 0 Å². The Bertz CT molecular complexity index is 988. The van der Waals surface area contributed by atoms with Crippen LogP contribution >= 0.6 is 0 Å². The summed E-state index contributed by atoms with van der Waals surface area (Å²) < 4.78 is 19.1. The molecule has 0 amide bonds. The van der Waals surface area contributed by atoms with E-state index in [0.29, 0.717) is 23.0 Å². The Morgan fingerprint density at radius 2 is 2.10 bits per heavy atom. The minimum atomic E-state index is -0.482. The zero-order valence-electron chi connectivity index (χ0n) is 15.5. The van der Waals surface area contributed by atoms with E-state index in [1.807, 2.05) is 0 Å². The molecule has 29 heavy (non-hydrogen) atoms. The summed E-state index contributed by atoms with van der Waals surface area (Å²) in [4.78, 5) is 25.7. The minimum Gasteiger partial charge on any atom is -0.483 e. The molecule has 1 aromatic carbocycles. The molecule has 9 nitrogen and oxygen atoms in total.